The molecule has 5 atom stereocenters. The number of aromatic nitrogens is 2. The third-order valence-electron chi connectivity index (χ3n) is 10.8. The van der Waals surface area contributed by atoms with E-state index in [0.29, 0.717) is 40.5 Å². The summed E-state index contributed by atoms with van der Waals surface area (Å²) in [5.41, 5.74) is -3.79. The maximum atomic E-state index is 14.9. The van der Waals surface area contributed by atoms with E-state index in [1.807, 2.05) is 0 Å². The van der Waals surface area contributed by atoms with E-state index in [-0.39, 0.29) is 41.7 Å². The number of hydrogen-bond donors (Lipinski definition) is 3. The van der Waals surface area contributed by atoms with Crippen molar-refractivity contribution in [2.45, 2.75) is 81.6 Å². The molecule has 2 aliphatic carbocycles. The predicted molar refractivity (Wildman–Crippen MR) is 216 cm³/mol. The molecule has 1 saturated heterocycles. The average Bonchev–Trinajstić information content (AvgIpc) is 4.07. The molecule has 0 spiro atoms. The highest BCUT2D eigenvalue weighted by molar-refractivity contribution is 7.91. The molecule has 7 rings (SSSR count). The van der Waals surface area contributed by atoms with Gasteiger partial charge in [-0.15, -0.1) is 17.9 Å². The number of methoxy groups -OCH3 is 1. The molecule has 1 unspecified atom stereocenters. The summed E-state index contributed by atoms with van der Waals surface area (Å²) < 4.78 is 94.0. The third-order valence-corrected chi connectivity index (χ3v) is 13.7. The van der Waals surface area contributed by atoms with Crippen molar-refractivity contribution in [2.75, 3.05) is 19.0 Å². The molecule has 13 nitrogen and oxygen atoms in total. The lowest BCUT2D eigenvalue weighted by Gasteiger charge is -2.35. The van der Waals surface area contributed by atoms with Crippen molar-refractivity contribution >= 4 is 66.6 Å². The molecule has 3 fully saturated rings. The van der Waals surface area contributed by atoms with E-state index in [4.69, 9.17) is 21.1 Å². The van der Waals surface area contributed by atoms with E-state index in [2.05, 4.69) is 31.9 Å². The van der Waals surface area contributed by atoms with Crippen LogP contribution in [0.4, 0.5) is 22.7 Å². The van der Waals surface area contributed by atoms with Crippen LogP contribution in [-0.2, 0) is 30.6 Å². The number of pyridine rings is 1. The topological polar surface area (TPSA) is 169 Å². The fourth-order valence-electron chi connectivity index (χ4n) is 7.27. The van der Waals surface area contributed by atoms with Gasteiger partial charge in [0.15, 0.2) is 5.13 Å². The summed E-state index contributed by atoms with van der Waals surface area (Å²) in [4.78, 5) is 53.0. The molecule has 0 bridgehead atoms. The molecule has 3 amide bonds. The number of ether oxygens (including phenoxy) is 2. The number of alkyl halides is 3. The Morgan fingerprint density at radius 1 is 1.12 bits per heavy atom. The molecule has 3 N–H and O–H groups in total. The van der Waals surface area contributed by atoms with Crippen LogP contribution in [0.2, 0.25) is 5.02 Å². The molecule has 3 aliphatic rings. The van der Waals surface area contributed by atoms with Crippen LogP contribution in [0, 0.1) is 17.2 Å². The van der Waals surface area contributed by atoms with E-state index in [9.17, 15) is 40.4 Å². The smallest absolute Gasteiger partial charge is 0.416 e. The Balaban J connectivity index is 1.19. The Labute approximate surface area is 351 Å². The first kappa shape index (κ1) is 43.1. The molecule has 3 heterocycles. The van der Waals surface area contributed by atoms with Gasteiger partial charge in [0.2, 0.25) is 27.7 Å². The number of thiazole rings is 1. The van der Waals surface area contributed by atoms with Gasteiger partial charge in [0.1, 0.15) is 35.3 Å². The first-order chi connectivity index (χ1) is 28.1. The largest absolute Gasteiger partial charge is 0.494 e. The van der Waals surface area contributed by atoms with Crippen molar-refractivity contribution in [1.29, 1.82) is 0 Å². The number of fused-ring (bicyclic) bond motifs is 1. The minimum absolute atomic E-state index is 0.0357. The van der Waals surface area contributed by atoms with Crippen molar-refractivity contribution < 1.29 is 49.8 Å². The van der Waals surface area contributed by atoms with Crippen molar-refractivity contribution in [3.8, 4) is 22.9 Å². The molecule has 2 aromatic heterocycles. The average molecular weight is 893 g/mol. The zero-order valence-electron chi connectivity index (χ0n) is 32.7. The number of carbonyl (C=O) groups is 3. The SMILES string of the molecule is C=C[C@@H]1C[C@]1(NC(=O)[C@@H]1CC(Oc2ncc(OC)c3ccc(Cl)cc23)CN1C(=O)[C@@H](Nc1nc(-c2ccc(C(F)(F)F)cc2F)cs1)C(C)(C)C)C(=O)NS(=O)(=O)C1CC1. The number of sulfonamides is 1. The molecule has 320 valence electrons. The zero-order valence-corrected chi connectivity index (χ0v) is 35.1. The number of likely N-dealkylation sites (tertiary alicyclic amines) is 1. The summed E-state index contributed by atoms with van der Waals surface area (Å²) in [6.45, 7) is 8.91. The van der Waals surface area contributed by atoms with Gasteiger partial charge in [0.25, 0.3) is 5.91 Å². The number of amides is 3. The van der Waals surface area contributed by atoms with Crippen LogP contribution in [-0.4, -0.2) is 83.6 Å². The van der Waals surface area contributed by atoms with Gasteiger partial charge in [0.05, 0.1) is 36.4 Å². The van der Waals surface area contributed by atoms with E-state index in [0.717, 1.165) is 23.5 Å². The van der Waals surface area contributed by atoms with Gasteiger partial charge in [-0.1, -0.05) is 38.4 Å². The van der Waals surface area contributed by atoms with Crippen LogP contribution >= 0.6 is 22.9 Å². The van der Waals surface area contributed by atoms with Crippen molar-refractivity contribution in [3.05, 3.63) is 77.0 Å². The van der Waals surface area contributed by atoms with Gasteiger partial charge >= 0.3 is 6.18 Å². The highest BCUT2D eigenvalue weighted by atomic mass is 35.5. The van der Waals surface area contributed by atoms with E-state index < -0.39 is 85.6 Å². The molecule has 60 heavy (non-hydrogen) atoms. The third kappa shape index (κ3) is 8.61. The molecular formula is C40H41ClF4N6O7S2. The van der Waals surface area contributed by atoms with Crippen molar-refractivity contribution in [3.63, 3.8) is 0 Å². The Kier molecular flexibility index (Phi) is 11.3. The Bertz CT molecular complexity index is 2490. The summed E-state index contributed by atoms with van der Waals surface area (Å²) in [6.07, 6.45) is -1.83. The Morgan fingerprint density at radius 3 is 2.47 bits per heavy atom. The van der Waals surface area contributed by atoms with Gasteiger partial charge in [0, 0.05) is 39.1 Å². The van der Waals surface area contributed by atoms with Crippen LogP contribution in [0.5, 0.6) is 11.6 Å². The summed E-state index contributed by atoms with van der Waals surface area (Å²) in [5.74, 6) is -3.34. The number of halogens is 5. The predicted octanol–water partition coefficient (Wildman–Crippen LogP) is 6.72. The second kappa shape index (κ2) is 15.8. The van der Waals surface area contributed by atoms with E-state index >= 15 is 0 Å². The van der Waals surface area contributed by atoms with Crippen LogP contribution in [0.25, 0.3) is 22.0 Å². The zero-order chi connectivity index (χ0) is 43.5. The Morgan fingerprint density at radius 2 is 1.85 bits per heavy atom. The number of nitrogens with zero attached hydrogens (tertiary/aromatic N) is 3. The highest BCUT2D eigenvalue weighted by Crippen LogP contribution is 2.46. The first-order valence-corrected chi connectivity index (χ1v) is 21.6. The lowest BCUT2D eigenvalue weighted by atomic mass is 9.85. The molecular weight excluding hydrogens is 852 g/mol. The lowest BCUT2D eigenvalue weighted by molar-refractivity contribution is -0.141. The molecule has 2 saturated carbocycles. The van der Waals surface area contributed by atoms with Crippen LogP contribution in [0.1, 0.15) is 52.0 Å². The van der Waals surface area contributed by atoms with Gasteiger partial charge in [-0.25, -0.2) is 22.8 Å². The minimum Gasteiger partial charge on any atom is -0.494 e. The quantitative estimate of drug-likeness (QED) is 0.0968. The molecule has 20 heteroatoms. The fraction of sp³-hybridized carbons (Fsp3) is 0.425. The van der Waals surface area contributed by atoms with Gasteiger partial charge in [-0.3, -0.25) is 19.1 Å². The summed E-state index contributed by atoms with van der Waals surface area (Å²) in [5, 5.41) is 8.28. The summed E-state index contributed by atoms with van der Waals surface area (Å²) in [7, 11) is -2.48. The number of benzene rings is 2. The number of nitrogens with one attached hydrogen (secondary N) is 3. The molecule has 1 aliphatic heterocycles. The number of rotatable bonds is 13. The molecule has 4 aromatic rings. The maximum absolute atomic E-state index is 14.9. The second-order valence-corrected chi connectivity index (χ2v) is 19.4. The number of anilines is 1. The minimum atomic E-state index is -4.74. The number of hydrogen-bond acceptors (Lipinski definition) is 11. The first-order valence-electron chi connectivity index (χ1n) is 18.8. The van der Waals surface area contributed by atoms with Crippen LogP contribution < -0.4 is 24.8 Å². The summed E-state index contributed by atoms with van der Waals surface area (Å²) >= 11 is 7.34. The van der Waals surface area contributed by atoms with E-state index in [1.54, 1.807) is 39.0 Å². The van der Waals surface area contributed by atoms with Crippen LogP contribution in [0.3, 0.4) is 0 Å². The monoisotopic (exact) mass is 892 g/mol. The summed E-state index contributed by atoms with van der Waals surface area (Å²) in [6, 6.07) is 4.84. The Hall–Kier alpha value is -5.01. The van der Waals surface area contributed by atoms with Gasteiger partial charge in [-0.2, -0.15) is 13.2 Å². The van der Waals surface area contributed by atoms with Gasteiger partial charge < -0.3 is 25.0 Å². The highest BCUT2D eigenvalue weighted by Gasteiger charge is 2.62. The maximum Gasteiger partial charge on any atom is 0.416 e. The van der Waals surface area contributed by atoms with E-state index in [1.165, 1.54) is 29.7 Å². The fourth-order valence-corrected chi connectivity index (χ4v) is 9.55. The lowest BCUT2D eigenvalue weighted by Crippen LogP contribution is -2.58. The van der Waals surface area contributed by atoms with Crippen LogP contribution in [0.15, 0.2) is 60.6 Å². The van der Waals surface area contributed by atoms with Crippen molar-refractivity contribution in [1.82, 2.24) is 24.9 Å². The molecule has 2 aromatic carbocycles. The normalized spacial score (nSPS) is 22.2. The standard InChI is InChI=1S/C40H41ClF4N6O7S2/c1-6-20-16-39(20,36(54)50-60(55,56)24-9-10-24)49-33(52)30-15-23(58-34-27-14-22(41)8-12-25(27)31(57-5)17-46-34)18-51(30)35(53)32(38(2,3)4)48-37-47-29(19-59-37)26-11-7-21(13-28(26)42)40(43,44)45/h6-8,11-14,17,19-20,23-24,30,32H,1,9-10,15-16,18H2,2-5H3,(H,47,48)(H,49,52)(H,50,54)/t20-,23?,30+,32-,39-/m1/s1. The van der Waals surface area contributed by atoms with Gasteiger partial charge in [-0.05, 0) is 61.1 Å². The molecule has 0 radical (unpaired) electrons. The second-order valence-electron chi connectivity index (χ2n) is 16.2. The van der Waals surface area contributed by atoms with Crippen molar-refractivity contribution in [2.24, 2.45) is 11.3 Å². The number of carbonyl (C=O) groups excluding carboxylic acids is 3.